The number of carbonyl (C=O) groups is 1. The number of hydrogen-bond donors (Lipinski definition) is 3. The van der Waals surface area contributed by atoms with Gasteiger partial charge in [-0.2, -0.15) is 0 Å². The van der Waals surface area contributed by atoms with Gasteiger partial charge in [-0.25, -0.2) is 13.6 Å². The molecule has 1 amide bonds. The molecule has 0 unspecified atom stereocenters. The molecule has 2 aromatic rings. The van der Waals surface area contributed by atoms with E-state index in [4.69, 9.17) is 9.88 Å². The van der Waals surface area contributed by atoms with Gasteiger partial charge in [0.15, 0.2) is 0 Å². The van der Waals surface area contributed by atoms with E-state index in [0.29, 0.717) is 18.7 Å². The lowest BCUT2D eigenvalue weighted by Crippen LogP contribution is -2.29. The van der Waals surface area contributed by atoms with Crippen molar-refractivity contribution in [2.45, 2.75) is 11.3 Å². The maximum absolute atomic E-state index is 11.8. The van der Waals surface area contributed by atoms with Crippen molar-refractivity contribution < 1.29 is 17.9 Å². The molecule has 2 aromatic carbocycles. The van der Waals surface area contributed by atoms with E-state index in [1.165, 1.54) is 12.1 Å². The molecule has 0 radical (unpaired) electrons. The van der Waals surface area contributed by atoms with Crippen LogP contribution in [-0.2, 0) is 21.2 Å². The van der Waals surface area contributed by atoms with Crippen LogP contribution in [0, 0.1) is 0 Å². The second kappa shape index (κ2) is 8.61. The smallest absolute Gasteiger partial charge is 0.238 e. The number of methoxy groups -OCH3 is 1. The predicted molar refractivity (Wildman–Crippen MR) is 96.0 cm³/mol. The molecule has 134 valence electrons. The van der Waals surface area contributed by atoms with Crippen molar-refractivity contribution in [1.29, 1.82) is 0 Å². The minimum Gasteiger partial charge on any atom is -0.497 e. The zero-order valence-electron chi connectivity index (χ0n) is 13.9. The van der Waals surface area contributed by atoms with Gasteiger partial charge in [-0.15, -0.1) is 0 Å². The zero-order valence-corrected chi connectivity index (χ0v) is 14.7. The molecule has 0 saturated heterocycles. The molecule has 0 aliphatic carbocycles. The largest absolute Gasteiger partial charge is 0.497 e. The number of amides is 1. The number of ether oxygens (including phenoxy) is 1. The molecule has 8 heteroatoms. The number of benzene rings is 2. The van der Waals surface area contributed by atoms with Gasteiger partial charge in [0.25, 0.3) is 0 Å². The van der Waals surface area contributed by atoms with Gasteiger partial charge in [-0.1, -0.05) is 12.1 Å². The molecule has 0 saturated carbocycles. The Morgan fingerprint density at radius 1 is 1.08 bits per heavy atom. The Balaban J connectivity index is 1.72. The van der Waals surface area contributed by atoms with Crippen LogP contribution < -0.4 is 20.5 Å². The van der Waals surface area contributed by atoms with Crippen molar-refractivity contribution in [3.8, 4) is 5.75 Å². The normalized spacial score (nSPS) is 11.1. The van der Waals surface area contributed by atoms with Gasteiger partial charge in [0.05, 0.1) is 18.6 Å². The average molecular weight is 363 g/mol. The summed E-state index contributed by atoms with van der Waals surface area (Å²) in [6, 6.07) is 13.4. The molecule has 4 N–H and O–H groups in total. The zero-order chi connectivity index (χ0) is 18.3. The van der Waals surface area contributed by atoms with Crippen LogP contribution in [0.4, 0.5) is 5.69 Å². The second-order valence-corrected chi connectivity index (χ2v) is 6.95. The first kappa shape index (κ1) is 18.9. The molecule has 0 fully saturated rings. The summed E-state index contributed by atoms with van der Waals surface area (Å²) in [5, 5.41) is 10.9. The number of nitrogens with one attached hydrogen (secondary N) is 2. The molecule has 2 rings (SSSR count). The van der Waals surface area contributed by atoms with Gasteiger partial charge in [-0.05, 0) is 54.9 Å². The average Bonchev–Trinajstić information content (AvgIpc) is 2.59. The Morgan fingerprint density at radius 2 is 1.72 bits per heavy atom. The lowest BCUT2D eigenvalue weighted by molar-refractivity contribution is -0.115. The Bertz CT molecular complexity index is 803. The van der Waals surface area contributed by atoms with E-state index >= 15 is 0 Å². The number of nitrogens with two attached hydrogens (primary N) is 1. The summed E-state index contributed by atoms with van der Waals surface area (Å²) in [5.74, 6) is 0.583. The third-order valence-electron chi connectivity index (χ3n) is 3.50. The van der Waals surface area contributed by atoms with E-state index in [9.17, 15) is 13.2 Å². The maximum atomic E-state index is 11.8. The molecule has 0 spiro atoms. The highest BCUT2D eigenvalue weighted by molar-refractivity contribution is 7.89. The number of carbonyl (C=O) groups excluding carboxylic acids is 1. The number of sulfonamides is 1. The molecule has 0 bridgehead atoms. The standard InChI is InChI=1S/C17H21N3O4S/c1-24-15-6-4-14(5-7-15)20-17(21)12-19-11-10-13-2-8-16(9-3-13)25(18,22)23/h2-9,19H,10-12H2,1H3,(H,20,21)(H2,18,22,23). The molecular formula is C17H21N3O4S. The molecule has 0 aliphatic rings. The topological polar surface area (TPSA) is 111 Å². The van der Waals surface area contributed by atoms with Crippen LogP contribution in [0.25, 0.3) is 0 Å². The quantitative estimate of drug-likeness (QED) is 0.609. The highest BCUT2D eigenvalue weighted by Gasteiger charge is 2.07. The van der Waals surface area contributed by atoms with Crippen LogP contribution in [0.5, 0.6) is 5.75 Å². The lowest BCUT2D eigenvalue weighted by Gasteiger charge is -2.08. The monoisotopic (exact) mass is 363 g/mol. The molecule has 0 aliphatic heterocycles. The van der Waals surface area contributed by atoms with Crippen LogP contribution in [0.2, 0.25) is 0 Å². The first-order valence-electron chi connectivity index (χ1n) is 7.65. The third-order valence-corrected chi connectivity index (χ3v) is 4.43. The number of hydrogen-bond acceptors (Lipinski definition) is 5. The fraction of sp³-hybridized carbons (Fsp3) is 0.235. The molecule has 7 nitrogen and oxygen atoms in total. The summed E-state index contributed by atoms with van der Waals surface area (Å²) >= 11 is 0. The van der Waals surface area contributed by atoms with E-state index < -0.39 is 10.0 Å². The van der Waals surface area contributed by atoms with Crippen LogP contribution in [0.1, 0.15) is 5.56 Å². The number of primary sulfonamides is 1. The van der Waals surface area contributed by atoms with Crippen molar-refractivity contribution in [3.63, 3.8) is 0 Å². The van der Waals surface area contributed by atoms with E-state index in [2.05, 4.69) is 10.6 Å². The van der Waals surface area contributed by atoms with Crippen LogP contribution in [0.15, 0.2) is 53.4 Å². The van der Waals surface area contributed by atoms with Crippen molar-refractivity contribution in [2.75, 3.05) is 25.5 Å². The van der Waals surface area contributed by atoms with Gasteiger partial charge in [-0.3, -0.25) is 4.79 Å². The number of rotatable bonds is 8. The summed E-state index contributed by atoms with van der Waals surface area (Å²) in [6.07, 6.45) is 0.667. The Hall–Kier alpha value is -2.42. The molecular weight excluding hydrogens is 342 g/mol. The summed E-state index contributed by atoms with van der Waals surface area (Å²) in [7, 11) is -2.08. The van der Waals surface area contributed by atoms with Gasteiger partial charge in [0.1, 0.15) is 5.75 Å². The van der Waals surface area contributed by atoms with E-state index in [1.54, 1.807) is 43.5 Å². The van der Waals surface area contributed by atoms with E-state index in [1.807, 2.05) is 0 Å². The Labute approximate surface area is 147 Å². The maximum Gasteiger partial charge on any atom is 0.238 e. The molecule has 0 aromatic heterocycles. The number of anilines is 1. The minimum absolute atomic E-state index is 0.0862. The Morgan fingerprint density at radius 3 is 2.28 bits per heavy atom. The molecule has 0 heterocycles. The highest BCUT2D eigenvalue weighted by atomic mass is 32.2. The second-order valence-electron chi connectivity index (χ2n) is 5.39. The van der Waals surface area contributed by atoms with Gasteiger partial charge in [0, 0.05) is 5.69 Å². The third kappa shape index (κ3) is 6.18. The van der Waals surface area contributed by atoms with Gasteiger partial charge >= 0.3 is 0 Å². The summed E-state index contributed by atoms with van der Waals surface area (Å²) < 4.78 is 27.4. The fourth-order valence-corrected chi connectivity index (χ4v) is 2.68. The van der Waals surface area contributed by atoms with Crippen molar-refractivity contribution in [3.05, 3.63) is 54.1 Å². The molecule has 25 heavy (non-hydrogen) atoms. The van der Waals surface area contributed by atoms with Crippen molar-refractivity contribution in [1.82, 2.24) is 5.32 Å². The van der Waals surface area contributed by atoms with E-state index in [-0.39, 0.29) is 17.3 Å². The van der Waals surface area contributed by atoms with Gasteiger partial charge in [0.2, 0.25) is 15.9 Å². The van der Waals surface area contributed by atoms with Crippen LogP contribution in [0.3, 0.4) is 0 Å². The molecule has 0 atom stereocenters. The summed E-state index contributed by atoms with van der Waals surface area (Å²) in [4.78, 5) is 11.9. The van der Waals surface area contributed by atoms with Gasteiger partial charge < -0.3 is 15.4 Å². The van der Waals surface area contributed by atoms with Crippen LogP contribution in [-0.4, -0.2) is 34.5 Å². The minimum atomic E-state index is -3.67. The van der Waals surface area contributed by atoms with Crippen molar-refractivity contribution in [2.24, 2.45) is 5.14 Å². The first-order valence-corrected chi connectivity index (χ1v) is 9.19. The van der Waals surface area contributed by atoms with Crippen LogP contribution >= 0.6 is 0 Å². The van der Waals surface area contributed by atoms with E-state index in [0.717, 1.165) is 11.3 Å². The Kier molecular flexibility index (Phi) is 6.51. The SMILES string of the molecule is COc1ccc(NC(=O)CNCCc2ccc(S(N)(=O)=O)cc2)cc1. The summed E-state index contributed by atoms with van der Waals surface area (Å²) in [5.41, 5.74) is 1.65. The highest BCUT2D eigenvalue weighted by Crippen LogP contribution is 2.14. The predicted octanol–water partition coefficient (Wildman–Crippen LogP) is 1.11. The lowest BCUT2D eigenvalue weighted by atomic mass is 10.1. The summed E-state index contributed by atoms with van der Waals surface area (Å²) in [6.45, 7) is 0.770. The van der Waals surface area contributed by atoms with Crippen molar-refractivity contribution >= 4 is 21.6 Å². The first-order chi connectivity index (χ1) is 11.9. The fourth-order valence-electron chi connectivity index (χ4n) is 2.16.